The van der Waals surface area contributed by atoms with Gasteiger partial charge in [-0.1, -0.05) is 35.9 Å². The molecular weight excluding hydrogens is 356 g/mol. The number of carbonyl (C=O) groups is 2. The molecule has 1 aromatic carbocycles. The third-order valence-electron chi connectivity index (χ3n) is 5.20. The van der Waals surface area contributed by atoms with Crippen molar-refractivity contribution in [2.75, 3.05) is 46.4 Å². The average molecular weight is 384 g/mol. The van der Waals surface area contributed by atoms with Crippen molar-refractivity contribution in [2.24, 2.45) is 0 Å². The number of amides is 2. The Hall–Kier alpha value is -2.64. The zero-order valence-corrected chi connectivity index (χ0v) is 16.5. The van der Waals surface area contributed by atoms with Gasteiger partial charge in [0.15, 0.2) is 0 Å². The molecule has 1 fully saturated rings. The van der Waals surface area contributed by atoms with Gasteiger partial charge < -0.3 is 15.4 Å². The summed E-state index contributed by atoms with van der Waals surface area (Å²) in [7, 11) is 1.36. The van der Waals surface area contributed by atoms with Crippen molar-refractivity contribution >= 4 is 12.0 Å². The maximum Gasteiger partial charge on any atom is 0.338 e. The topological polar surface area (TPSA) is 73.9 Å². The van der Waals surface area contributed by atoms with E-state index in [1.54, 1.807) is 0 Å². The SMILES string of the molecule is C=CCN1CCN(CC2=C(C(=O)OC)C(c3ccc(C)cc3)NC(=O)N2)CC1. The van der Waals surface area contributed by atoms with Crippen molar-refractivity contribution in [1.82, 2.24) is 20.4 Å². The smallest absolute Gasteiger partial charge is 0.338 e. The van der Waals surface area contributed by atoms with Crippen molar-refractivity contribution in [3.05, 3.63) is 59.3 Å². The van der Waals surface area contributed by atoms with E-state index < -0.39 is 12.0 Å². The number of carbonyl (C=O) groups excluding carboxylic acids is 2. The van der Waals surface area contributed by atoms with Crippen molar-refractivity contribution in [2.45, 2.75) is 13.0 Å². The Morgan fingerprint density at radius 3 is 2.46 bits per heavy atom. The zero-order valence-electron chi connectivity index (χ0n) is 16.5. The fourth-order valence-corrected chi connectivity index (χ4v) is 3.64. The van der Waals surface area contributed by atoms with Gasteiger partial charge >= 0.3 is 12.0 Å². The maximum absolute atomic E-state index is 12.6. The van der Waals surface area contributed by atoms with E-state index in [1.807, 2.05) is 37.3 Å². The average Bonchev–Trinajstić information content (AvgIpc) is 2.69. The van der Waals surface area contributed by atoms with E-state index >= 15 is 0 Å². The normalized spacial score (nSPS) is 21.1. The van der Waals surface area contributed by atoms with Crippen LogP contribution in [0.5, 0.6) is 0 Å². The Morgan fingerprint density at radius 2 is 1.86 bits per heavy atom. The van der Waals surface area contributed by atoms with Gasteiger partial charge in [-0.25, -0.2) is 9.59 Å². The van der Waals surface area contributed by atoms with Gasteiger partial charge in [0.25, 0.3) is 0 Å². The molecule has 2 N–H and O–H groups in total. The molecule has 2 heterocycles. The second-order valence-electron chi connectivity index (χ2n) is 7.19. The van der Waals surface area contributed by atoms with Gasteiger partial charge in [-0.15, -0.1) is 6.58 Å². The van der Waals surface area contributed by atoms with E-state index in [0.717, 1.165) is 43.9 Å². The zero-order chi connectivity index (χ0) is 20.1. The highest BCUT2D eigenvalue weighted by molar-refractivity contribution is 5.95. The molecule has 1 atom stereocenters. The van der Waals surface area contributed by atoms with Gasteiger partial charge in [-0.3, -0.25) is 9.80 Å². The fraction of sp³-hybridized carbons (Fsp3) is 0.429. The molecular formula is C21H28N4O3. The summed E-state index contributed by atoms with van der Waals surface area (Å²) in [6.45, 7) is 10.8. The number of piperazine rings is 1. The largest absolute Gasteiger partial charge is 0.466 e. The van der Waals surface area contributed by atoms with Crippen molar-refractivity contribution in [3.63, 3.8) is 0 Å². The summed E-state index contributed by atoms with van der Waals surface area (Å²) in [6.07, 6.45) is 1.91. The van der Waals surface area contributed by atoms with E-state index in [9.17, 15) is 9.59 Å². The minimum absolute atomic E-state index is 0.307. The van der Waals surface area contributed by atoms with Crippen LogP contribution in [0.3, 0.4) is 0 Å². The Labute approximate surface area is 166 Å². The van der Waals surface area contributed by atoms with Crippen molar-refractivity contribution in [3.8, 4) is 0 Å². The van der Waals surface area contributed by atoms with Gasteiger partial charge in [0, 0.05) is 45.0 Å². The number of nitrogens with zero attached hydrogens (tertiary/aromatic N) is 2. The van der Waals surface area contributed by atoms with E-state index in [-0.39, 0.29) is 6.03 Å². The molecule has 2 aliphatic rings. The number of esters is 1. The summed E-state index contributed by atoms with van der Waals surface area (Å²) < 4.78 is 5.04. The molecule has 0 radical (unpaired) electrons. The van der Waals surface area contributed by atoms with Crippen LogP contribution in [0.25, 0.3) is 0 Å². The van der Waals surface area contributed by atoms with Gasteiger partial charge in [0.2, 0.25) is 0 Å². The van der Waals surface area contributed by atoms with Crippen LogP contribution in [0.4, 0.5) is 4.79 Å². The predicted molar refractivity (Wildman–Crippen MR) is 108 cm³/mol. The summed E-state index contributed by atoms with van der Waals surface area (Å²) >= 11 is 0. The molecule has 1 aromatic rings. The molecule has 0 spiro atoms. The number of urea groups is 1. The lowest BCUT2D eigenvalue weighted by Gasteiger charge is -2.36. The minimum atomic E-state index is -0.529. The van der Waals surface area contributed by atoms with Gasteiger partial charge in [0.05, 0.1) is 18.7 Å². The highest BCUT2D eigenvalue weighted by Crippen LogP contribution is 2.28. The van der Waals surface area contributed by atoms with Crippen LogP contribution in [0.1, 0.15) is 17.2 Å². The van der Waals surface area contributed by atoms with E-state index in [1.165, 1.54) is 7.11 Å². The first kappa shape index (κ1) is 20.1. The first-order chi connectivity index (χ1) is 13.5. The van der Waals surface area contributed by atoms with Crippen LogP contribution in [0.15, 0.2) is 48.2 Å². The second-order valence-corrected chi connectivity index (χ2v) is 7.19. The van der Waals surface area contributed by atoms with Gasteiger partial charge in [-0.2, -0.15) is 0 Å². The lowest BCUT2D eigenvalue weighted by atomic mass is 9.94. The lowest BCUT2D eigenvalue weighted by Crippen LogP contribution is -2.51. The van der Waals surface area contributed by atoms with Crippen LogP contribution >= 0.6 is 0 Å². The molecule has 0 aliphatic carbocycles. The second kappa shape index (κ2) is 9.03. The number of methoxy groups -OCH3 is 1. The minimum Gasteiger partial charge on any atom is -0.466 e. The molecule has 7 nitrogen and oxygen atoms in total. The summed E-state index contributed by atoms with van der Waals surface area (Å²) in [6, 6.07) is 6.96. The molecule has 3 rings (SSSR count). The summed E-state index contributed by atoms with van der Waals surface area (Å²) in [5, 5.41) is 5.70. The first-order valence-electron chi connectivity index (χ1n) is 9.53. The number of benzene rings is 1. The molecule has 0 aromatic heterocycles. The van der Waals surface area contributed by atoms with Crippen LogP contribution in [0, 0.1) is 6.92 Å². The number of hydrogen-bond acceptors (Lipinski definition) is 5. The number of aryl methyl sites for hydroxylation is 1. The van der Waals surface area contributed by atoms with Crippen LogP contribution < -0.4 is 10.6 Å². The molecule has 1 unspecified atom stereocenters. The van der Waals surface area contributed by atoms with Gasteiger partial charge in [0.1, 0.15) is 0 Å². The molecule has 2 aliphatic heterocycles. The number of nitrogens with one attached hydrogen (secondary N) is 2. The predicted octanol–water partition coefficient (Wildman–Crippen LogP) is 1.58. The highest BCUT2D eigenvalue weighted by Gasteiger charge is 2.34. The van der Waals surface area contributed by atoms with Crippen LogP contribution in [-0.4, -0.2) is 68.2 Å². The molecule has 0 bridgehead atoms. The third-order valence-corrected chi connectivity index (χ3v) is 5.20. The fourth-order valence-electron chi connectivity index (χ4n) is 3.64. The van der Waals surface area contributed by atoms with Crippen LogP contribution in [-0.2, 0) is 9.53 Å². The summed E-state index contributed by atoms with van der Waals surface area (Å²) in [5.74, 6) is -0.432. The Morgan fingerprint density at radius 1 is 1.21 bits per heavy atom. The molecule has 150 valence electrons. The third kappa shape index (κ3) is 4.61. The van der Waals surface area contributed by atoms with Gasteiger partial charge in [-0.05, 0) is 12.5 Å². The van der Waals surface area contributed by atoms with E-state index in [2.05, 4.69) is 27.0 Å². The Bertz CT molecular complexity index is 764. The number of rotatable bonds is 6. The maximum atomic E-state index is 12.6. The standard InChI is InChI=1S/C21H28N4O3/c1-4-9-24-10-12-25(13-11-24)14-17-18(20(26)28-3)19(23-21(27)22-17)16-7-5-15(2)6-8-16/h4-8,19H,1,9-14H2,2-3H3,(H2,22,23,27). The number of hydrogen-bond donors (Lipinski definition) is 2. The lowest BCUT2D eigenvalue weighted by molar-refractivity contribution is -0.136. The van der Waals surface area contributed by atoms with E-state index in [4.69, 9.17) is 4.74 Å². The highest BCUT2D eigenvalue weighted by atomic mass is 16.5. The Balaban J connectivity index is 1.86. The van der Waals surface area contributed by atoms with Crippen molar-refractivity contribution < 1.29 is 14.3 Å². The van der Waals surface area contributed by atoms with Crippen molar-refractivity contribution in [1.29, 1.82) is 0 Å². The molecule has 28 heavy (non-hydrogen) atoms. The molecule has 1 saturated heterocycles. The molecule has 7 heteroatoms. The molecule has 0 saturated carbocycles. The summed E-state index contributed by atoms with van der Waals surface area (Å²) in [5.41, 5.74) is 3.04. The summed E-state index contributed by atoms with van der Waals surface area (Å²) in [4.78, 5) is 29.5. The quantitative estimate of drug-likeness (QED) is 0.575. The Kier molecular flexibility index (Phi) is 6.49. The van der Waals surface area contributed by atoms with E-state index in [0.29, 0.717) is 17.8 Å². The molecule has 2 amide bonds. The van der Waals surface area contributed by atoms with Crippen LogP contribution in [0.2, 0.25) is 0 Å². The number of ether oxygens (including phenoxy) is 1. The monoisotopic (exact) mass is 384 g/mol. The first-order valence-corrected chi connectivity index (χ1v) is 9.53.